The number of amides is 1. The fourth-order valence-corrected chi connectivity index (χ4v) is 4.45. The van der Waals surface area contributed by atoms with Gasteiger partial charge in [-0.2, -0.15) is 8.88 Å². The number of hydrogen-bond acceptors (Lipinski definition) is 4. The molecule has 24 heavy (non-hydrogen) atoms. The van der Waals surface area contributed by atoms with Crippen molar-refractivity contribution < 1.29 is 13.4 Å². The van der Waals surface area contributed by atoms with E-state index in [-0.39, 0.29) is 34.8 Å². The molecule has 0 aromatic carbocycles. The molecule has 0 bridgehead atoms. The van der Waals surface area contributed by atoms with E-state index >= 15 is 0 Å². The van der Waals surface area contributed by atoms with Crippen molar-refractivity contribution in [2.45, 2.75) is 48.1 Å². The molecule has 1 amide bonds. The number of hydrogen-bond donors (Lipinski definition) is 0. The van der Waals surface area contributed by atoms with Crippen LogP contribution in [0.25, 0.3) is 0 Å². The van der Waals surface area contributed by atoms with Crippen LogP contribution in [0.2, 0.25) is 0 Å². The van der Waals surface area contributed by atoms with Gasteiger partial charge in [0.1, 0.15) is 0 Å². The van der Waals surface area contributed by atoms with Gasteiger partial charge in [0.05, 0.1) is 19.1 Å². The van der Waals surface area contributed by atoms with E-state index in [1.165, 1.54) is 11.3 Å². The third-order valence-electron chi connectivity index (χ3n) is 5.63. The van der Waals surface area contributed by atoms with Crippen molar-refractivity contribution in [3.63, 3.8) is 0 Å². The second kappa shape index (κ2) is 7.30. The summed E-state index contributed by atoms with van der Waals surface area (Å²) in [5.41, 5.74) is 1.09. The first-order chi connectivity index (χ1) is 11.1. The van der Waals surface area contributed by atoms with Crippen molar-refractivity contribution in [2.24, 2.45) is 21.7 Å². The summed E-state index contributed by atoms with van der Waals surface area (Å²) < 4.78 is 19.5. The van der Waals surface area contributed by atoms with Crippen molar-refractivity contribution in [3.8, 4) is 0 Å². The van der Waals surface area contributed by atoms with Crippen LogP contribution in [0.3, 0.4) is 0 Å². The zero-order chi connectivity index (χ0) is 18.1. The molecule has 1 fully saturated rings. The maximum absolute atomic E-state index is 12.6. The van der Waals surface area contributed by atoms with Crippen LogP contribution in [-0.4, -0.2) is 29.4 Å². The van der Waals surface area contributed by atoms with Gasteiger partial charge in [-0.25, -0.2) is 0 Å². The number of carbonyl (C=O) groups excluding carboxylic acids is 1. The molecular formula is C17H27FN2O2S2. The monoisotopic (exact) mass is 374 g/mol. The highest BCUT2D eigenvalue weighted by molar-refractivity contribution is 7.94. The van der Waals surface area contributed by atoms with E-state index in [0.29, 0.717) is 25.5 Å². The third-order valence-corrected chi connectivity index (χ3v) is 7.04. The number of nitrogens with zero attached hydrogens (tertiary/aromatic N) is 2. The van der Waals surface area contributed by atoms with Gasteiger partial charge in [-0.05, 0) is 24.7 Å². The normalized spacial score (nSPS) is 19.7. The molecule has 1 heterocycles. The molecule has 1 aromatic heterocycles. The maximum atomic E-state index is 12.6. The van der Waals surface area contributed by atoms with Gasteiger partial charge in [-0.15, -0.1) is 11.3 Å². The molecule has 7 heteroatoms. The predicted molar refractivity (Wildman–Crippen MR) is 97.8 cm³/mol. The molecule has 0 N–H and O–H groups in total. The molecule has 0 radical (unpaired) electrons. The van der Waals surface area contributed by atoms with Gasteiger partial charge in [-0.1, -0.05) is 27.7 Å². The van der Waals surface area contributed by atoms with Gasteiger partial charge in [0.2, 0.25) is 0 Å². The molecule has 0 unspecified atom stereocenters. The molecule has 1 saturated carbocycles. The van der Waals surface area contributed by atoms with Crippen LogP contribution < -0.4 is 4.80 Å². The first-order valence-electron chi connectivity index (χ1n) is 8.21. The Bertz CT molecular complexity index is 663. The molecule has 1 aliphatic carbocycles. The summed E-state index contributed by atoms with van der Waals surface area (Å²) in [6, 6.07) is 0. The standard InChI is InChI=1S/C17H27FN2O2S2/c1-11-12(2)24-15(20(11)7-8-22-9-10-23-18)19-14(21)13-16(3,4)17(13,5)6/h13H,7-10H2,1-6H3/b19-15-. The minimum absolute atomic E-state index is 0.00704. The second-order valence-electron chi connectivity index (χ2n) is 7.43. The molecule has 2 rings (SSSR count). The molecule has 4 nitrogen and oxygen atoms in total. The average Bonchev–Trinajstić information content (AvgIpc) is 2.75. The van der Waals surface area contributed by atoms with Crippen LogP contribution in [0, 0.1) is 30.6 Å². The van der Waals surface area contributed by atoms with Gasteiger partial charge in [0.25, 0.3) is 5.91 Å². The highest BCUT2D eigenvalue weighted by Crippen LogP contribution is 2.68. The summed E-state index contributed by atoms with van der Waals surface area (Å²) in [7, 11) is 0. The van der Waals surface area contributed by atoms with Gasteiger partial charge in [0, 0.05) is 35.0 Å². The number of carbonyl (C=O) groups is 1. The zero-order valence-electron chi connectivity index (χ0n) is 15.3. The first kappa shape index (κ1) is 19.7. The highest BCUT2D eigenvalue weighted by atomic mass is 32.2. The van der Waals surface area contributed by atoms with E-state index in [0.717, 1.165) is 15.4 Å². The van der Waals surface area contributed by atoms with Crippen molar-refractivity contribution in [1.29, 1.82) is 0 Å². The number of aryl methyl sites for hydroxylation is 1. The van der Waals surface area contributed by atoms with Crippen LogP contribution in [0.4, 0.5) is 3.89 Å². The van der Waals surface area contributed by atoms with Crippen LogP contribution in [-0.2, 0) is 16.1 Å². The molecule has 0 spiro atoms. The van der Waals surface area contributed by atoms with Crippen molar-refractivity contribution in [2.75, 3.05) is 19.0 Å². The minimum Gasteiger partial charge on any atom is -0.379 e. The Labute approximate surface area is 151 Å². The summed E-state index contributed by atoms with van der Waals surface area (Å²) >= 11 is 1.82. The van der Waals surface area contributed by atoms with E-state index in [9.17, 15) is 8.68 Å². The molecule has 0 aliphatic heterocycles. The molecule has 136 valence electrons. The van der Waals surface area contributed by atoms with Gasteiger partial charge in [-0.3, -0.25) is 4.79 Å². The van der Waals surface area contributed by atoms with E-state index in [1.807, 2.05) is 18.4 Å². The molecule has 1 aromatic rings. The summed E-state index contributed by atoms with van der Waals surface area (Å²) in [5, 5.41) is 0. The van der Waals surface area contributed by atoms with Crippen molar-refractivity contribution in [1.82, 2.24) is 4.57 Å². The lowest BCUT2D eigenvalue weighted by atomic mass is 10.0. The topological polar surface area (TPSA) is 43.6 Å². The maximum Gasteiger partial charge on any atom is 0.252 e. The minimum atomic E-state index is -0.0326. The molecule has 0 saturated heterocycles. The zero-order valence-corrected chi connectivity index (χ0v) is 16.9. The number of thiazole rings is 1. The third kappa shape index (κ3) is 3.63. The van der Waals surface area contributed by atoms with Crippen LogP contribution in [0.15, 0.2) is 4.99 Å². The van der Waals surface area contributed by atoms with Gasteiger partial charge >= 0.3 is 0 Å². The lowest BCUT2D eigenvalue weighted by Gasteiger charge is -2.07. The summed E-state index contributed by atoms with van der Waals surface area (Å²) in [6.45, 7) is 14.1. The van der Waals surface area contributed by atoms with E-state index < -0.39 is 0 Å². The second-order valence-corrected chi connectivity index (χ2v) is 9.24. The number of rotatable bonds is 7. The van der Waals surface area contributed by atoms with Crippen LogP contribution in [0.1, 0.15) is 38.3 Å². The number of ether oxygens (including phenoxy) is 1. The van der Waals surface area contributed by atoms with Crippen molar-refractivity contribution >= 4 is 29.4 Å². The van der Waals surface area contributed by atoms with E-state index in [4.69, 9.17) is 4.74 Å². The van der Waals surface area contributed by atoms with E-state index in [1.54, 1.807) is 0 Å². The molecular weight excluding hydrogens is 347 g/mol. The van der Waals surface area contributed by atoms with Gasteiger partial charge < -0.3 is 9.30 Å². The van der Waals surface area contributed by atoms with E-state index in [2.05, 4.69) is 32.7 Å². The number of aromatic nitrogens is 1. The Morgan fingerprint density at radius 1 is 1.29 bits per heavy atom. The largest absolute Gasteiger partial charge is 0.379 e. The Kier molecular flexibility index (Phi) is 5.98. The molecule has 0 atom stereocenters. The lowest BCUT2D eigenvalue weighted by Crippen LogP contribution is -2.22. The average molecular weight is 375 g/mol. The summed E-state index contributed by atoms with van der Waals surface area (Å²) in [5.74, 6) is 0.280. The first-order valence-corrected chi connectivity index (χ1v) is 9.91. The highest BCUT2D eigenvalue weighted by Gasteiger charge is 2.68. The van der Waals surface area contributed by atoms with Crippen molar-refractivity contribution in [3.05, 3.63) is 15.4 Å². The smallest absolute Gasteiger partial charge is 0.252 e. The SMILES string of the molecule is Cc1s/c(=N\C(=O)C2C(C)(C)C2(C)C)n(CCOCCSF)c1C. The quantitative estimate of drug-likeness (QED) is 0.680. The Morgan fingerprint density at radius 3 is 2.46 bits per heavy atom. The Balaban J connectivity index is 2.15. The Hall–Kier alpha value is -0.660. The van der Waals surface area contributed by atoms with Crippen LogP contribution >= 0.6 is 23.5 Å². The lowest BCUT2D eigenvalue weighted by molar-refractivity contribution is -0.120. The fourth-order valence-electron chi connectivity index (χ4n) is 3.27. The predicted octanol–water partition coefficient (Wildman–Crippen LogP) is 3.91. The summed E-state index contributed by atoms with van der Waals surface area (Å²) in [6.07, 6.45) is 0. The Morgan fingerprint density at radius 2 is 1.92 bits per heavy atom. The van der Waals surface area contributed by atoms with Crippen LogP contribution in [0.5, 0.6) is 0 Å². The fraction of sp³-hybridized carbons (Fsp3) is 0.765. The molecule has 1 aliphatic rings. The van der Waals surface area contributed by atoms with Gasteiger partial charge in [0.15, 0.2) is 4.80 Å². The number of halogens is 1. The summed E-state index contributed by atoms with van der Waals surface area (Å²) in [4.78, 5) is 19.0.